The van der Waals surface area contributed by atoms with Gasteiger partial charge in [-0.15, -0.1) is 0 Å². The van der Waals surface area contributed by atoms with Crippen LogP contribution in [0.4, 0.5) is 5.69 Å². The summed E-state index contributed by atoms with van der Waals surface area (Å²) < 4.78 is 4.92. The van der Waals surface area contributed by atoms with E-state index in [0.29, 0.717) is 0 Å². The predicted molar refractivity (Wildman–Crippen MR) is 77.3 cm³/mol. The first-order valence-corrected chi connectivity index (χ1v) is 6.92. The van der Waals surface area contributed by atoms with Crippen LogP contribution in [0.5, 0.6) is 5.75 Å². The van der Waals surface area contributed by atoms with Crippen molar-refractivity contribution in [3.8, 4) is 5.75 Å². The lowest BCUT2D eigenvalue weighted by Gasteiger charge is -2.29. The van der Waals surface area contributed by atoms with Gasteiger partial charge in [-0.1, -0.05) is 12.8 Å². The summed E-state index contributed by atoms with van der Waals surface area (Å²) in [5, 5.41) is 13.8. The minimum absolute atomic E-state index is 0.0593. The van der Waals surface area contributed by atoms with Gasteiger partial charge in [0.15, 0.2) is 5.75 Å². The number of benzene rings is 1. The Morgan fingerprint density at radius 3 is 2.76 bits per heavy atom. The third kappa shape index (κ3) is 3.49. The van der Waals surface area contributed by atoms with Gasteiger partial charge in [0.25, 0.3) is 5.91 Å². The molecular formula is C14H19N3O4. The molecule has 114 valence electrons. The van der Waals surface area contributed by atoms with E-state index in [-0.39, 0.29) is 35.0 Å². The van der Waals surface area contributed by atoms with Crippen LogP contribution in [0.2, 0.25) is 0 Å². The Morgan fingerprint density at radius 2 is 2.14 bits per heavy atom. The van der Waals surface area contributed by atoms with Gasteiger partial charge < -0.3 is 15.8 Å². The minimum Gasteiger partial charge on any atom is -0.490 e. The summed E-state index contributed by atoms with van der Waals surface area (Å²) in [6, 6.07) is 4.02. The van der Waals surface area contributed by atoms with E-state index in [1.807, 2.05) is 0 Å². The SMILES string of the molecule is COc1ccc(C(=O)NC2CCCCC2N)cc1[N+](=O)[O-]. The molecule has 1 fully saturated rings. The van der Waals surface area contributed by atoms with Gasteiger partial charge in [0.1, 0.15) is 0 Å². The Labute approximate surface area is 122 Å². The number of nitro groups is 1. The lowest BCUT2D eigenvalue weighted by atomic mass is 9.91. The number of ether oxygens (including phenoxy) is 1. The van der Waals surface area contributed by atoms with Crippen molar-refractivity contribution in [2.24, 2.45) is 5.73 Å². The fourth-order valence-corrected chi connectivity index (χ4v) is 2.56. The number of methoxy groups -OCH3 is 1. The molecule has 0 aromatic heterocycles. The van der Waals surface area contributed by atoms with Gasteiger partial charge in [-0.3, -0.25) is 14.9 Å². The molecule has 0 aliphatic heterocycles. The number of amides is 1. The van der Waals surface area contributed by atoms with Gasteiger partial charge in [-0.25, -0.2) is 0 Å². The summed E-state index contributed by atoms with van der Waals surface area (Å²) >= 11 is 0. The number of carbonyl (C=O) groups excluding carboxylic acids is 1. The van der Waals surface area contributed by atoms with Crippen LogP contribution in [0.1, 0.15) is 36.0 Å². The molecule has 0 spiro atoms. The first-order valence-electron chi connectivity index (χ1n) is 6.92. The highest BCUT2D eigenvalue weighted by Gasteiger charge is 2.25. The van der Waals surface area contributed by atoms with Gasteiger partial charge in [0, 0.05) is 23.7 Å². The van der Waals surface area contributed by atoms with E-state index in [0.717, 1.165) is 25.7 Å². The van der Waals surface area contributed by atoms with Crippen LogP contribution >= 0.6 is 0 Å². The Morgan fingerprint density at radius 1 is 1.43 bits per heavy atom. The van der Waals surface area contributed by atoms with E-state index in [9.17, 15) is 14.9 Å². The van der Waals surface area contributed by atoms with E-state index in [4.69, 9.17) is 10.5 Å². The standard InChI is InChI=1S/C14H19N3O4/c1-21-13-7-6-9(8-12(13)17(19)20)14(18)16-11-5-3-2-4-10(11)15/h6-8,10-11H,2-5,15H2,1H3,(H,16,18). The van der Waals surface area contributed by atoms with Gasteiger partial charge in [-0.2, -0.15) is 0 Å². The number of hydrogen-bond donors (Lipinski definition) is 2. The molecule has 0 heterocycles. The van der Waals surface area contributed by atoms with Crippen LogP contribution in [-0.2, 0) is 0 Å². The summed E-state index contributed by atoms with van der Waals surface area (Å²) in [5.41, 5.74) is 6.00. The topological polar surface area (TPSA) is 107 Å². The summed E-state index contributed by atoms with van der Waals surface area (Å²) in [6.07, 6.45) is 3.82. The number of nitrogens with one attached hydrogen (secondary N) is 1. The number of nitrogens with zero attached hydrogens (tertiary/aromatic N) is 1. The summed E-state index contributed by atoms with van der Waals surface area (Å²) in [6.45, 7) is 0. The zero-order valence-electron chi connectivity index (χ0n) is 11.9. The maximum Gasteiger partial charge on any atom is 0.311 e. The lowest BCUT2D eigenvalue weighted by molar-refractivity contribution is -0.385. The van der Waals surface area contributed by atoms with Crippen molar-refractivity contribution in [1.82, 2.24) is 5.32 Å². The lowest BCUT2D eigenvalue weighted by Crippen LogP contribution is -2.49. The van der Waals surface area contributed by atoms with Crippen molar-refractivity contribution in [1.29, 1.82) is 0 Å². The van der Waals surface area contributed by atoms with E-state index < -0.39 is 4.92 Å². The molecule has 0 radical (unpaired) electrons. The molecule has 7 nitrogen and oxygen atoms in total. The fourth-order valence-electron chi connectivity index (χ4n) is 2.56. The highest BCUT2D eigenvalue weighted by Crippen LogP contribution is 2.27. The number of rotatable bonds is 4. The average Bonchev–Trinajstić information content (AvgIpc) is 2.48. The van der Waals surface area contributed by atoms with E-state index >= 15 is 0 Å². The molecular weight excluding hydrogens is 274 g/mol. The molecule has 21 heavy (non-hydrogen) atoms. The van der Waals surface area contributed by atoms with Crippen LogP contribution in [0.25, 0.3) is 0 Å². The van der Waals surface area contributed by atoms with Crippen molar-refractivity contribution < 1.29 is 14.5 Å². The highest BCUT2D eigenvalue weighted by molar-refractivity contribution is 5.95. The zero-order chi connectivity index (χ0) is 15.4. The first kappa shape index (κ1) is 15.2. The quantitative estimate of drug-likeness (QED) is 0.647. The fraction of sp³-hybridized carbons (Fsp3) is 0.500. The normalized spacial score (nSPS) is 21.6. The minimum atomic E-state index is -0.568. The second-order valence-electron chi connectivity index (χ2n) is 5.17. The van der Waals surface area contributed by atoms with Crippen LogP contribution in [0.3, 0.4) is 0 Å². The van der Waals surface area contributed by atoms with Crippen molar-refractivity contribution >= 4 is 11.6 Å². The Balaban J connectivity index is 2.15. The van der Waals surface area contributed by atoms with E-state index in [1.165, 1.54) is 25.3 Å². The molecule has 7 heteroatoms. The first-order chi connectivity index (χ1) is 10.0. The van der Waals surface area contributed by atoms with Crippen LogP contribution in [0.15, 0.2) is 18.2 Å². The molecule has 1 aliphatic carbocycles. The summed E-state index contributed by atoms with van der Waals surface area (Å²) in [4.78, 5) is 22.6. The molecule has 2 atom stereocenters. The molecule has 3 N–H and O–H groups in total. The Hall–Kier alpha value is -2.15. The number of hydrogen-bond acceptors (Lipinski definition) is 5. The summed E-state index contributed by atoms with van der Waals surface area (Å²) in [5.74, 6) is -0.214. The molecule has 2 rings (SSSR count). The highest BCUT2D eigenvalue weighted by atomic mass is 16.6. The van der Waals surface area contributed by atoms with Gasteiger partial charge in [0.2, 0.25) is 0 Å². The molecule has 2 unspecified atom stereocenters. The predicted octanol–water partition coefficient (Wildman–Crippen LogP) is 1.60. The summed E-state index contributed by atoms with van der Waals surface area (Å²) in [7, 11) is 1.35. The van der Waals surface area contributed by atoms with Gasteiger partial charge >= 0.3 is 5.69 Å². The van der Waals surface area contributed by atoms with Crippen LogP contribution < -0.4 is 15.8 Å². The second kappa shape index (κ2) is 6.53. The maximum atomic E-state index is 12.2. The van der Waals surface area contributed by atoms with Crippen LogP contribution in [-0.4, -0.2) is 30.0 Å². The van der Waals surface area contributed by atoms with Crippen molar-refractivity contribution in [3.63, 3.8) is 0 Å². The Bertz CT molecular complexity index is 547. The van der Waals surface area contributed by atoms with E-state index in [1.54, 1.807) is 0 Å². The Kier molecular flexibility index (Phi) is 4.74. The average molecular weight is 293 g/mol. The molecule has 1 aromatic carbocycles. The molecule has 1 aliphatic rings. The second-order valence-corrected chi connectivity index (χ2v) is 5.17. The molecule has 1 amide bonds. The third-order valence-corrected chi connectivity index (χ3v) is 3.77. The van der Waals surface area contributed by atoms with E-state index in [2.05, 4.69) is 5.32 Å². The molecule has 1 aromatic rings. The van der Waals surface area contributed by atoms with Gasteiger partial charge in [-0.05, 0) is 25.0 Å². The van der Waals surface area contributed by atoms with Gasteiger partial charge in [0.05, 0.1) is 12.0 Å². The molecule has 0 bridgehead atoms. The third-order valence-electron chi connectivity index (χ3n) is 3.77. The largest absolute Gasteiger partial charge is 0.490 e. The van der Waals surface area contributed by atoms with Crippen LogP contribution in [0, 0.1) is 10.1 Å². The maximum absolute atomic E-state index is 12.2. The molecule has 1 saturated carbocycles. The van der Waals surface area contributed by atoms with Crippen molar-refractivity contribution in [3.05, 3.63) is 33.9 Å². The van der Waals surface area contributed by atoms with Crippen molar-refractivity contribution in [2.45, 2.75) is 37.8 Å². The number of nitro benzene ring substituents is 1. The number of nitrogens with two attached hydrogens (primary N) is 1. The number of carbonyl (C=O) groups is 1. The smallest absolute Gasteiger partial charge is 0.311 e. The monoisotopic (exact) mass is 293 g/mol. The molecule has 0 saturated heterocycles. The zero-order valence-corrected chi connectivity index (χ0v) is 11.9. The van der Waals surface area contributed by atoms with Crippen molar-refractivity contribution in [2.75, 3.05) is 7.11 Å².